The van der Waals surface area contributed by atoms with Gasteiger partial charge in [0.1, 0.15) is 11.5 Å². The molecule has 0 bridgehead atoms. The number of hydrogen-bond donors (Lipinski definition) is 0. The highest BCUT2D eigenvalue weighted by Crippen LogP contribution is 2.34. The predicted octanol–water partition coefficient (Wildman–Crippen LogP) is 3.52. The van der Waals surface area contributed by atoms with Gasteiger partial charge >= 0.3 is 0 Å². The molecule has 7 nitrogen and oxygen atoms in total. The molecule has 1 aromatic heterocycles. The van der Waals surface area contributed by atoms with Gasteiger partial charge in [-0.3, -0.25) is 9.36 Å². The highest BCUT2D eigenvalue weighted by atomic mass is 32.2. The van der Waals surface area contributed by atoms with Gasteiger partial charge in [-0.25, -0.2) is 0 Å². The van der Waals surface area contributed by atoms with E-state index < -0.39 is 0 Å². The van der Waals surface area contributed by atoms with Gasteiger partial charge in [0.2, 0.25) is 5.91 Å². The summed E-state index contributed by atoms with van der Waals surface area (Å²) in [5.41, 5.74) is 1.68. The number of carbonyl (C=O) groups excluding carboxylic acids is 1. The first-order chi connectivity index (χ1) is 14.0. The van der Waals surface area contributed by atoms with Crippen LogP contribution in [0.5, 0.6) is 11.5 Å². The number of rotatable bonds is 7. The summed E-state index contributed by atoms with van der Waals surface area (Å²) in [5, 5.41) is 9.13. The van der Waals surface area contributed by atoms with Crippen molar-refractivity contribution >= 4 is 17.7 Å². The number of hydrogen-bond acceptors (Lipinski definition) is 6. The molecule has 0 saturated heterocycles. The maximum absolute atomic E-state index is 12.4. The van der Waals surface area contributed by atoms with Gasteiger partial charge in [-0.15, -0.1) is 10.2 Å². The lowest BCUT2D eigenvalue weighted by molar-refractivity contribution is -0.127. The highest BCUT2D eigenvalue weighted by Gasteiger charge is 2.24. The first kappa shape index (κ1) is 20.7. The Morgan fingerprint density at radius 2 is 1.72 bits per heavy atom. The summed E-state index contributed by atoms with van der Waals surface area (Å²) in [6.45, 7) is 1.86. The van der Waals surface area contributed by atoms with Crippen LogP contribution in [0.2, 0.25) is 0 Å². The van der Waals surface area contributed by atoms with E-state index in [1.165, 1.54) is 11.8 Å². The minimum absolute atomic E-state index is 0.0122. The second kappa shape index (κ2) is 9.00. The Kier molecular flexibility index (Phi) is 6.43. The second-order valence-electron chi connectivity index (χ2n) is 6.53. The normalized spacial score (nSPS) is 11.8. The number of methoxy groups -OCH3 is 2. The van der Waals surface area contributed by atoms with Gasteiger partial charge in [-0.2, -0.15) is 0 Å². The number of benzene rings is 2. The summed E-state index contributed by atoms with van der Waals surface area (Å²) >= 11 is 1.37. The van der Waals surface area contributed by atoms with E-state index in [0.29, 0.717) is 16.7 Å². The first-order valence-corrected chi connectivity index (χ1v) is 9.95. The topological polar surface area (TPSA) is 69.5 Å². The quantitative estimate of drug-likeness (QED) is 0.553. The molecule has 152 valence electrons. The van der Waals surface area contributed by atoms with Gasteiger partial charge in [0.05, 0.1) is 30.7 Å². The molecule has 1 amide bonds. The molecule has 1 atom stereocenters. The average Bonchev–Trinajstić information content (AvgIpc) is 3.16. The summed E-state index contributed by atoms with van der Waals surface area (Å²) in [6, 6.07) is 15.3. The van der Waals surface area contributed by atoms with Crippen molar-refractivity contribution in [2.24, 2.45) is 0 Å². The molecule has 0 saturated carbocycles. The molecule has 29 heavy (non-hydrogen) atoms. The van der Waals surface area contributed by atoms with Crippen molar-refractivity contribution in [2.45, 2.75) is 17.3 Å². The molecule has 0 aliphatic carbocycles. The van der Waals surface area contributed by atoms with E-state index in [4.69, 9.17) is 9.47 Å². The van der Waals surface area contributed by atoms with Gasteiger partial charge in [0.15, 0.2) is 11.0 Å². The lowest BCUT2D eigenvalue weighted by atomic mass is 10.2. The number of amides is 1. The van der Waals surface area contributed by atoms with Crippen molar-refractivity contribution in [1.29, 1.82) is 0 Å². The fourth-order valence-corrected chi connectivity index (χ4v) is 3.90. The molecule has 8 heteroatoms. The molecule has 3 rings (SSSR count). The first-order valence-electron chi connectivity index (χ1n) is 9.07. The predicted molar refractivity (Wildman–Crippen MR) is 114 cm³/mol. The third-order valence-corrected chi connectivity index (χ3v) is 5.41. The lowest BCUT2D eigenvalue weighted by Gasteiger charge is -2.17. The summed E-state index contributed by atoms with van der Waals surface area (Å²) in [6.07, 6.45) is 0. The van der Waals surface area contributed by atoms with Crippen LogP contribution >= 0.6 is 11.8 Å². The van der Waals surface area contributed by atoms with Crippen LogP contribution in [0.4, 0.5) is 0 Å². The minimum atomic E-state index is -0.309. The van der Waals surface area contributed by atoms with Gasteiger partial charge in [0.25, 0.3) is 0 Å². The Hall–Kier alpha value is -3.00. The van der Waals surface area contributed by atoms with Crippen LogP contribution in [0.25, 0.3) is 17.1 Å². The number of ether oxygens (including phenoxy) is 2. The highest BCUT2D eigenvalue weighted by molar-refractivity contribution is 8.00. The molecular formula is C21H24N4O3S. The van der Waals surface area contributed by atoms with Crippen molar-refractivity contribution in [2.75, 3.05) is 28.3 Å². The van der Waals surface area contributed by atoms with Crippen molar-refractivity contribution in [1.82, 2.24) is 19.7 Å². The molecule has 0 spiro atoms. The zero-order valence-corrected chi connectivity index (χ0v) is 17.9. The van der Waals surface area contributed by atoms with Gasteiger partial charge in [-0.1, -0.05) is 23.9 Å². The third-order valence-electron chi connectivity index (χ3n) is 4.38. The van der Waals surface area contributed by atoms with E-state index in [1.54, 1.807) is 33.2 Å². The SMILES string of the molecule is COc1ccc(-n2c(SC(C)C(=O)N(C)C)nnc2-c2ccccc2OC)cc1. The largest absolute Gasteiger partial charge is 0.497 e. The standard InChI is InChI=1S/C21H24N4O3S/c1-14(20(26)24(2)3)29-21-23-22-19(17-8-6-7-9-18(17)28-5)25(21)15-10-12-16(27-4)13-11-15/h6-14H,1-5H3. The summed E-state index contributed by atoms with van der Waals surface area (Å²) in [4.78, 5) is 13.9. The maximum atomic E-state index is 12.4. The van der Waals surface area contributed by atoms with Crippen molar-refractivity contribution in [3.8, 4) is 28.6 Å². The molecule has 3 aromatic rings. The summed E-state index contributed by atoms with van der Waals surface area (Å²) < 4.78 is 12.7. The Morgan fingerprint density at radius 1 is 1.03 bits per heavy atom. The van der Waals surface area contributed by atoms with Gasteiger partial charge in [-0.05, 0) is 43.3 Å². The van der Waals surface area contributed by atoms with Crippen LogP contribution in [0.15, 0.2) is 53.7 Å². The number of nitrogens with zero attached hydrogens (tertiary/aromatic N) is 4. The molecule has 0 aliphatic rings. The van der Waals surface area contributed by atoms with Crippen molar-refractivity contribution in [3.05, 3.63) is 48.5 Å². The van der Waals surface area contributed by atoms with E-state index >= 15 is 0 Å². The van der Waals surface area contributed by atoms with Crippen molar-refractivity contribution in [3.63, 3.8) is 0 Å². The lowest BCUT2D eigenvalue weighted by Crippen LogP contribution is -2.29. The van der Waals surface area contributed by atoms with E-state index in [0.717, 1.165) is 17.0 Å². The van der Waals surface area contributed by atoms with Gasteiger partial charge in [0, 0.05) is 14.1 Å². The van der Waals surface area contributed by atoms with Crippen LogP contribution in [-0.2, 0) is 4.79 Å². The fraction of sp³-hybridized carbons (Fsp3) is 0.286. The Labute approximate surface area is 174 Å². The minimum Gasteiger partial charge on any atom is -0.497 e. The molecule has 1 heterocycles. The van der Waals surface area contributed by atoms with E-state index in [9.17, 15) is 4.79 Å². The molecule has 1 unspecified atom stereocenters. The van der Waals surface area contributed by atoms with E-state index in [1.807, 2.05) is 60.0 Å². The van der Waals surface area contributed by atoms with Crippen LogP contribution in [-0.4, -0.2) is 59.1 Å². The van der Waals surface area contributed by atoms with Crippen molar-refractivity contribution < 1.29 is 14.3 Å². The smallest absolute Gasteiger partial charge is 0.235 e. The second-order valence-corrected chi connectivity index (χ2v) is 7.84. The average molecular weight is 413 g/mol. The molecule has 0 radical (unpaired) electrons. The molecule has 0 N–H and O–H groups in total. The molecule has 2 aromatic carbocycles. The van der Waals surface area contributed by atoms with Gasteiger partial charge < -0.3 is 14.4 Å². The van der Waals surface area contributed by atoms with Crippen LogP contribution < -0.4 is 9.47 Å². The maximum Gasteiger partial charge on any atom is 0.235 e. The zero-order chi connectivity index (χ0) is 21.0. The van der Waals surface area contributed by atoms with Crippen LogP contribution in [0.3, 0.4) is 0 Å². The number of thioether (sulfide) groups is 1. The number of carbonyl (C=O) groups is 1. The van der Waals surface area contributed by atoms with E-state index in [2.05, 4.69) is 10.2 Å². The zero-order valence-electron chi connectivity index (χ0n) is 17.1. The van der Waals surface area contributed by atoms with Crippen LogP contribution in [0.1, 0.15) is 6.92 Å². The fourth-order valence-electron chi connectivity index (χ4n) is 2.89. The Bertz CT molecular complexity index is 986. The molecule has 0 fully saturated rings. The molecular weight excluding hydrogens is 388 g/mol. The number of aromatic nitrogens is 3. The summed E-state index contributed by atoms with van der Waals surface area (Å²) in [5.74, 6) is 2.10. The van der Waals surface area contributed by atoms with E-state index in [-0.39, 0.29) is 11.2 Å². The monoisotopic (exact) mass is 412 g/mol. The number of para-hydroxylation sites is 1. The Balaban J connectivity index is 2.12. The summed E-state index contributed by atoms with van der Waals surface area (Å²) in [7, 11) is 6.74. The molecule has 0 aliphatic heterocycles. The third kappa shape index (κ3) is 4.37. The Morgan fingerprint density at radius 3 is 2.34 bits per heavy atom. The van der Waals surface area contributed by atoms with Crippen LogP contribution in [0, 0.1) is 0 Å².